The molecule has 0 aromatic carbocycles. The van der Waals surface area contributed by atoms with Gasteiger partial charge in [-0.25, -0.2) is 9.59 Å². The Morgan fingerprint density at radius 2 is 1.67 bits per heavy atom. The summed E-state index contributed by atoms with van der Waals surface area (Å²) in [5.41, 5.74) is 0. The minimum atomic E-state index is -1.26. The average molecular weight is 428 g/mol. The molecule has 0 saturated heterocycles. The van der Waals surface area contributed by atoms with Crippen LogP contribution >= 0.6 is 0 Å². The molecule has 0 aromatic heterocycles. The maximum atomic E-state index is 12.6. The van der Waals surface area contributed by atoms with E-state index in [1.54, 1.807) is 27.7 Å². The summed E-state index contributed by atoms with van der Waals surface area (Å²) in [6.45, 7) is 6.94. The van der Waals surface area contributed by atoms with Crippen LogP contribution in [0.5, 0.6) is 0 Å². The molecule has 0 bridgehead atoms. The Hall–Kier alpha value is -2.26. The zero-order valence-electron chi connectivity index (χ0n) is 18.0. The van der Waals surface area contributed by atoms with Crippen LogP contribution in [0.25, 0.3) is 0 Å². The molecule has 9 heteroatoms. The van der Waals surface area contributed by atoms with Gasteiger partial charge in [-0.15, -0.1) is 0 Å². The number of rotatable bonds is 5. The van der Waals surface area contributed by atoms with Gasteiger partial charge in [0.25, 0.3) is 0 Å². The van der Waals surface area contributed by atoms with Crippen molar-refractivity contribution in [3.8, 4) is 0 Å². The van der Waals surface area contributed by atoms with E-state index >= 15 is 0 Å². The smallest absolute Gasteiger partial charge is 0.336 e. The van der Waals surface area contributed by atoms with Gasteiger partial charge in [0.05, 0.1) is 6.42 Å². The Balaban J connectivity index is 3.17. The summed E-state index contributed by atoms with van der Waals surface area (Å²) in [7, 11) is 0. The lowest BCUT2D eigenvalue weighted by Crippen LogP contribution is -2.39. The number of carbonyl (C=O) groups is 4. The predicted molar refractivity (Wildman–Crippen MR) is 105 cm³/mol. The molecule has 1 rings (SSSR count). The summed E-state index contributed by atoms with van der Waals surface area (Å²) >= 11 is 0. The van der Waals surface area contributed by atoms with Crippen molar-refractivity contribution in [3.05, 3.63) is 12.2 Å². The highest BCUT2D eigenvalue weighted by Crippen LogP contribution is 2.16. The fourth-order valence-electron chi connectivity index (χ4n) is 2.89. The predicted octanol–water partition coefficient (Wildman–Crippen LogP) is 1.64. The lowest BCUT2D eigenvalue weighted by atomic mass is 10.1. The molecule has 5 atom stereocenters. The number of ketones is 1. The van der Waals surface area contributed by atoms with E-state index in [4.69, 9.17) is 18.9 Å². The quantitative estimate of drug-likeness (QED) is 0.514. The summed E-state index contributed by atoms with van der Waals surface area (Å²) in [5, 5.41) is 10.3. The Labute approximate surface area is 176 Å². The summed E-state index contributed by atoms with van der Waals surface area (Å²) in [4.78, 5) is 49.4. The van der Waals surface area contributed by atoms with Crippen molar-refractivity contribution in [1.29, 1.82) is 0 Å². The molecule has 2 unspecified atom stereocenters. The maximum absolute atomic E-state index is 12.6. The second kappa shape index (κ2) is 13.1. The van der Waals surface area contributed by atoms with Crippen LogP contribution in [0.15, 0.2) is 12.2 Å². The minimum absolute atomic E-state index is 0.160. The van der Waals surface area contributed by atoms with Crippen molar-refractivity contribution in [2.75, 3.05) is 6.61 Å². The van der Waals surface area contributed by atoms with Crippen molar-refractivity contribution < 1.29 is 43.2 Å². The van der Waals surface area contributed by atoms with Crippen LogP contribution in [0.2, 0.25) is 0 Å². The van der Waals surface area contributed by atoms with E-state index in [0.717, 1.165) is 12.2 Å². The third-order valence-electron chi connectivity index (χ3n) is 4.63. The van der Waals surface area contributed by atoms with Crippen LogP contribution in [0.4, 0.5) is 0 Å². The lowest BCUT2D eigenvalue weighted by molar-refractivity contribution is -0.170. The van der Waals surface area contributed by atoms with Crippen molar-refractivity contribution in [3.63, 3.8) is 0 Å². The average Bonchev–Trinajstić information content (AvgIpc) is 2.72. The molecule has 1 aliphatic rings. The largest absolute Gasteiger partial charge is 0.459 e. The van der Waals surface area contributed by atoms with Crippen LogP contribution in [0.3, 0.4) is 0 Å². The Morgan fingerprint density at radius 3 is 2.23 bits per heavy atom. The van der Waals surface area contributed by atoms with E-state index in [1.807, 2.05) is 0 Å². The number of ether oxygens (including phenoxy) is 4. The van der Waals surface area contributed by atoms with Crippen LogP contribution in [-0.2, 0) is 38.1 Å². The topological polar surface area (TPSA) is 125 Å². The SMILES string of the molecule is CCOC1CC(=O)[C@H](CC)OC(=O)C[C@@H](CC)OC(=O)/C=C/[C@@H](O)C(CC)OC1=O. The molecule has 170 valence electrons. The first-order valence-corrected chi connectivity index (χ1v) is 10.4. The Bertz CT molecular complexity index is 628. The number of hydrogen-bond acceptors (Lipinski definition) is 9. The van der Waals surface area contributed by atoms with Gasteiger partial charge in [0, 0.05) is 19.1 Å². The van der Waals surface area contributed by atoms with Gasteiger partial charge in [0.2, 0.25) is 0 Å². The highest BCUT2D eigenvalue weighted by molar-refractivity contribution is 5.90. The maximum Gasteiger partial charge on any atom is 0.336 e. The molecule has 30 heavy (non-hydrogen) atoms. The van der Waals surface area contributed by atoms with Gasteiger partial charge in [0.15, 0.2) is 18.0 Å². The van der Waals surface area contributed by atoms with Crippen LogP contribution < -0.4 is 0 Å². The number of aliphatic hydroxyl groups is 1. The normalized spacial score (nSPS) is 30.9. The molecule has 0 radical (unpaired) electrons. The highest BCUT2D eigenvalue weighted by Gasteiger charge is 2.32. The molecule has 0 aromatic rings. The van der Waals surface area contributed by atoms with Crippen molar-refractivity contribution in [2.45, 2.75) is 90.3 Å². The van der Waals surface area contributed by atoms with Gasteiger partial charge < -0.3 is 24.1 Å². The van der Waals surface area contributed by atoms with Gasteiger partial charge in [-0.3, -0.25) is 9.59 Å². The molecule has 1 heterocycles. The third kappa shape index (κ3) is 8.23. The molecule has 9 nitrogen and oxygen atoms in total. The van der Waals surface area contributed by atoms with Crippen molar-refractivity contribution in [1.82, 2.24) is 0 Å². The Kier molecular flexibility index (Phi) is 11.3. The summed E-state index contributed by atoms with van der Waals surface area (Å²) in [5.74, 6) is -2.73. The molecule has 0 saturated carbocycles. The molecule has 0 fully saturated rings. The Morgan fingerprint density at radius 1 is 0.967 bits per heavy atom. The summed E-state index contributed by atoms with van der Waals surface area (Å²) in [6, 6.07) is 0. The highest BCUT2D eigenvalue weighted by atomic mass is 16.6. The van der Waals surface area contributed by atoms with Crippen LogP contribution in [-0.4, -0.2) is 65.9 Å². The first-order chi connectivity index (χ1) is 14.2. The number of hydrogen-bond donors (Lipinski definition) is 1. The molecular weight excluding hydrogens is 396 g/mol. The van der Waals surface area contributed by atoms with Crippen LogP contribution in [0, 0.1) is 0 Å². The monoisotopic (exact) mass is 428 g/mol. The molecule has 0 amide bonds. The number of esters is 3. The van der Waals surface area contributed by atoms with E-state index in [-0.39, 0.29) is 32.3 Å². The molecular formula is C21H32O9. The summed E-state index contributed by atoms with van der Waals surface area (Å²) in [6.07, 6.45) is -2.67. The third-order valence-corrected chi connectivity index (χ3v) is 4.63. The summed E-state index contributed by atoms with van der Waals surface area (Å²) < 4.78 is 21.1. The van der Waals surface area contributed by atoms with Gasteiger partial charge >= 0.3 is 17.9 Å². The van der Waals surface area contributed by atoms with E-state index < -0.39 is 54.2 Å². The zero-order chi connectivity index (χ0) is 22.7. The number of cyclic esters (lactones) is 3. The van der Waals surface area contributed by atoms with E-state index in [0.29, 0.717) is 6.42 Å². The van der Waals surface area contributed by atoms with E-state index in [9.17, 15) is 24.3 Å². The van der Waals surface area contributed by atoms with E-state index in [2.05, 4.69) is 0 Å². The fraction of sp³-hybridized carbons (Fsp3) is 0.714. The van der Waals surface area contributed by atoms with E-state index in [1.165, 1.54) is 0 Å². The van der Waals surface area contributed by atoms with Gasteiger partial charge in [-0.05, 0) is 32.3 Å². The zero-order valence-corrected chi connectivity index (χ0v) is 18.0. The first-order valence-electron chi connectivity index (χ1n) is 10.4. The molecule has 1 aliphatic heterocycles. The van der Waals surface area contributed by atoms with Gasteiger partial charge in [-0.1, -0.05) is 20.8 Å². The van der Waals surface area contributed by atoms with Crippen LogP contribution in [0.1, 0.15) is 59.8 Å². The first kappa shape index (κ1) is 25.8. The fourth-order valence-corrected chi connectivity index (χ4v) is 2.89. The lowest BCUT2D eigenvalue weighted by Gasteiger charge is -2.24. The standard InChI is InChI=1S/C21H32O9/c1-5-13-11-20(25)29-17(7-3)15(23)12-18(27-8-4)21(26)30-16(6-2)14(22)9-10-19(24)28-13/h9-10,13-14,16-18,22H,5-8,11-12H2,1-4H3/b10-9+/t13-,14-,16?,17+,18?/m1/s1. The van der Waals surface area contributed by atoms with Gasteiger partial charge in [0.1, 0.15) is 18.3 Å². The second-order valence-corrected chi connectivity index (χ2v) is 6.91. The second-order valence-electron chi connectivity index (χ2n) is 6.91. The van der Waals surface area contributed by atoms with Crippen molar-refractivity contribution in [2.24, 2.45) is 0 Å². The molecule has 1 N–H and O–H groups in total. The molecule has 0 spiro atoms. The number of Topliss-reactive ketones (excluding diaryl/α,β-unsaturated/α-hetero) is 1. The molecule has 0 aliphatic carbocycles. The minimum Gasteiger partial charge on any atom is -0.459 e. The number of aliphatic hydroxyl groups excluding tert-OH is 1. The number of carbonyl (C=O) groups excluding carboxylic acids is 4. The van der Waals surface area contributed by atoms with Crippen molar-refractivity contribution >= 4 is 23.7 Å². The van der Waals surface area contributed by atoms with Gasteiger partial charge in [-0.2, -0.15) is 0 Å².